The quantitative estimate of drug-likeness (QED) is 0.555. The fourth-order valence-electron chi connectivity index (χ4n) is 1.58. The van der Waals surface area contributed by atoms with Crippen LogP contribution in [0.5, 0.6) is 5.75 Å². The zero-order chi connectivity index (χ0) is 13.0. The van der Waals surface area contributed by atoms with Crippen LogP contribution < -0.4 is 26.3 Å². The molecular weight excluding hydrogens is 330 g/mol. The highest BCUT2D eigenvalue weighted by atomic mass is 79.9. The summed E-state index contributed by atoms with van der Waals surface area (Å²) in [5.74, 6) is 0.812. The lowest BCUT2D eigenvalue weighted by atomic mass is 10.1. The Labute approximate surface area is 127 Å². The Kier molecular flexibility index (Phi) is 5.99. The monoisotopic (exact) mass is 341 g/mol. The Morgan fingerprint density at radius 1 is 1.16 bits per heavy atom. The minimum Gasteiger partial charge on any atom is -1.00 e. The average molecular weight is 343 g/mol. The van der Waals surface area contributed by atoms with Crippen LogP contribution in [-0.2, 0) is 6.54 Å². The van der Waals surface area contributed by atoms with Gasteiger partial charge in [0.25, 0.3) is 0 Å². The summed E-state index contributed by atoms with van der Waals surface area (Å²) in [7, 11) is 1.61. The van der Waals surface area contributed by atoms with Gasteiger partial charge in [0.2, 0.25) is 12.3 Å². The highest BCUT2D eigenvalue weighted by Gasteiger charge is 2.11. The molecule has 0 aliphatic carbocycles. The topological polar surface area (TPSA) is 30.2 Å². The zero-order valence-corrected chi connectivity index (χ0v) is 12.7. The van der Waals surface area contributed by atoms with Crippen molar-refractivity contribution in [1.82, 2.24) is 0 Å². The first-order chi connectivity index (χ1) is 8.69. The van der Waals surface area contributed by atoms with Crippen LogP contribution in [0.15, 0.2) is 48.8 Å². The van der Waals surface area contributed by atoms with Crippen LogP contribution in [-0.4, -0.2) is 12.9 Å². The van der Waals surface area contributed by atoms with Gasteiger partial charge in [-0.25, -0.2) is 0 Å². The number of carbonyl (C=O) groups excluding carboxylic acids is 1. The molecule has 0 saturated heterocycles. The van der Waals surface area contributed by atoms with Crippen molar-refractivity contribution >= 4 is 17.4 Å². The fraction of sp³-hybridized carbons (Fsp3) is 0.143. The smallest absolute Gasteiger partial charge is 0.227 e. The third-order valence-electron chi connectivity index (χ3n) is 2.59. The van der Waals surface area contributed by atoms with Crippen molar-refractivity contribution in [3.05, 3.63) is 59.4 Å². The number of pyridine rings is 1. The summed E-state index contributed by atoms with van der Waals surface area (Å²) in [5, 5.41) is 0.628. The summed E-state index contributed by atoms with van der Waals surface area (Å²) in [6.45, 7) is 0.297. The molecule has 0 bridgehead atoms. The second-order valence-electron chi connectivity index (χ2n) is 3.84. The molecular formula is C14H13BrClNO2. The zero-order valence-electron chi connectivity index (χ0n) is 10.3. The van der Waals surface area contributed by atoms with Crippen molar-refractivity contribution in [1.29, 1.82) is 0 Å². The van der Waals surface area contributed by atoms with E-state index in [1.54, 1.807) is 35.9 Å². The van der Waals surface area contributed by atoms with Gasteiger partial charge < -0.3 is 21.7 Å². The van der Waals surface area contributed by atoms with Crippen LogP contribution in [0.1, 0.15) is 10.4 Å². The Hall–Kier alpha value is -1.39. The van der Waals surface area contributed by atoms with Crippen molar-refractivity contribution in [2.24, 2.45) is 0 Å². The predicted molar refractivity (Wildman–Crippen MR) is 69.0 cm³/mol. The molecule has 0 atom stereocenters. The van der Waals surface area contributed by atoms with Crippen LogP contribution in [0.3, 0.4) is 0 Å². The van der Waals surface area contributed by atoms with E-state index in [2.05, 4.69) is 0 Å². The van der Waals surface area contributed by atoms with E-state index in [9.17, 15) is 4.79 Å². The van der Waals surface area contributed by atoms with Crippen LogP contribution >= 0.6 is 11.6 Å². The van der Waals surface area contributed by atoms with Crippen LogP contribution in [0.4, 0.5) is 0 Å². The molecule has 0 radical (unpaired) electrons. The molecule has 19 heavy (non-hydrogen) atoms. The number of benzene rings is 1. The first-order valence-electron chi connectivity index (χ1n) is 5.51. The summed E-state index contributed by atoms with van der Waals surface area (Å²) in [5.41, 5.74) is 0.655. The lowest BCUT2D eigenvalue weighted by molar-refractivity contribution is -0.683. The molecule has 0 saturated carbocycles. The molecule has 0 unspecified atom stereocenters. The molecule has 0 fully saturated rings. The minimum atomic E-state index is 0. The maximum atomic E-state index is 12.0. The Morgan fingerprint density at radius 2 is 1.74 bits per heavy atom. The highest BCUT2D eigenvalue weighted by Crippen LogP contribution is 2.10. The number of Topliss-reactive ketones (excluding diaryl/α,β-unsaturated/α-hetero) is 1. The molecule has 0 aliphatic rings. The maximum Gasteiger partial charge on any atom is 0.227 e. The Morgan fingerprint density at radius 3 is 2.26 bits per heavy atom. The summed E-state index contributed by atoms with van der Waals surface area (Å²) in [6.07, 6.45) is 3.62. The molecule has 1 heterocycles. The number of hydrogen-bond donors (Lipinski definition) is 0. The number of halogens is 2. The first kappa shape index (κ1) is 15.7. The molecule has 3 nitrogen and oxygen atoms in total. The second-order valence-corrected chi connectivity index (χ2v) is 4.28. The van der Waals surface area contributed by atoms with Gasteiger partial charge in [0, 0.05) is 22.7 Å². The van der Waals surface area contributed by atoms with E-state index in [0.29, 0.717) is 17.1 Å². The van der Waals surface area contributed by atoms with Crippen molar-refractivity contribution in [3.63, 3.8) is 0 Å². The lowest BCUT2D eigenvalue weighted by Gasteiger charge is -2.00. The number of ketones is 1. The van der Waals surface area contributed by atoms with Gasteiger partial charge in [-0.2, -0.15) is 4.57 Å². The van der Waals surface area contributed by atoms with E-state index in [1.807, 2.05) is 24.5 Å². The Balaban J connectivity index is 0.00000180. The van der Waals surface area contributed by atoms with Crippen molar-refractivity contribution in [2.45, 2.75) is 6.54 Å². The second kappa shape index (κ2) is 7.26. The Bertz CT molecular complexity index is 540. The normalized spacial score (nSPS) is 9.58. The summed E-state index contributed by atoms with van der Waals surface area (Å²) >= 11 is 5.78. The van der Waals surface area contributed by atoms with Crippen molar-refractivity contribution in [2.75, 3.05) is 7.11 Å². The third-order valence-corrected chi connectivity index (χ3v) is 2.84. The van der Waals surface area contributed by atoms with Gasteiger partial charge in [0.1, 0.15) is 5.75 Å². The van der Waals surface area contributed by atoms with Crippen molar-refractivity contribution < 1.29 is 31.1 Å². The first-order valence-corrected chi connectivity index (χ1v) is 5.89. The predicted octanol–water partition coefficient (Wildman–Crippen LogP) is -0.477. The summed E-state index contributed by atoms with van der Waals surface area (Å²) in [4.78, 5) is 12.0. The molecule has 100 valence electrons. The van der Waals surface area contributed by atoms with Gasteiger partial charge in [-0.15, -0.1) is 0 Å². The maximum absolute atomic E-state index is 12.0. The molecule has 1 aromatic heterocycles. The van der Waals surface area contributed by atoms with Crippen LogP contribution in [0.25, 0.3) is 0 Å². The molecule has 0 amide bonds. The highest BCUT2D eigenvalue weighted by molar-refractivity contribution is 6.30. The molecule has 5 heteroatoms. The van der Waals surface area contributed by atoms with Gasteiger partial charge in [-0.1, -0.05) is 11.6 Å². The molecule has 0 spiro atoms. The molecule has 2 aromatic rings. The van der Waals surface area contributed by atoms with Gasteiger partial charge in [0.05, 0.1) is 7.11 Å². The summed E-state index contributed by atoms with van der Waals surface area (Å²) in [6, 6.07) is 10.5. The SMILES string of the molecule is COc1cc[n+](CC(=O)c2ccc(Cl)cc2)cc1.[Br-]. The lowest BCUT2D eigenvalue weighted by Crippen LogP contribution is -3.00. The number of ether oxygens (including phenoxy) is 1. The number of hydrogen-bond acceptors (Lipinski definition) is 2. The minimum absolute atomic E-state index is 0. The number of aromatic nitrogens is 1. The van der Waals surface area contributed by atoms with E-state index >= 15 is 0 Å². The van der Waals surface area contributed by atoms with E-state index < -0.39 is 0 Å². The molecule has 1 aromatic carbocycles. The standard InChI is InChI=1S/C14H13ClNO2.BrH/c1-18-13-6-8-16(9-7-13)10-14(17)11-2-4-12(15)5-3-11;/h2-9H,10H2,1H3;1H/q+1;/p-1. The third kappa shape index (κ3) is 4.33. The van der Waals surface area contributed by atoms with Gasteiger partial charge >= 0.3 is 0 Å². The van der Waals surface area contributed by atoms with E-state index in [1.165, 1.54) is 0 Å². The number of carbonyl (C=O) groups is 1. The largest absolute Gasteiger partial charge is 1.00 e. The van der Waals surface area contributed by atoms with E-state index in [-0.39, 0.29) is 22.8 Å². The number of methoxy groups -OCH3 is 1. The van der Waals surface area contributed by atoms with E-state index in [4.69, 9.17) is 16.3 Å². The van der Waals surface area contributed by atoms with Gasteiger partial charge in [0.15, 0.2) is 12.4 Å². The number of rotatable bonds is 4. The molecule has 0 N–H and O–H groups in total. The van der Waals surface area contributed by atoms with Gasteiger partial charge in [-0.3, -0.25) is 4.79 Å². The van der Waals surface area contributed by atoms with Crippen molar-refractivity contribution in [3.8, 4) is 5.75 Å². The van der Waals surface area contributed by atoms with Crippen LogP contribution in [0.2, 0.25) is 5.02 Å². The number of nitrogens with zero attached hydrogens (tertiary/aromatic N) is 1. The summed E-state index contributed by atoms with van der Waals surface area (Å²) < 4.78 is 6.86. The van der Waals surface area contributed by atoms with Crippen LogP contribution in [0, 0.1) is 0 Å². The van der Waals surface area contributed by atoms with Gasteiger partial charge in [-0.05, 0) is 24.3 Å². The average Bonchev–Trinajstić information content (AvgIpc) is 2.40. The van der Waals surface area contributed by atoms with E-state index in [0.717, 1.165) is 5.75 Å². The molecule has 0 aliphatic heterocycles. The molecule has 2 rings (SSSR count). The fourth-order valence-corrected chi connectivity index (χ4v) is 1.70.